The minimum Gasteiger partial charge on any atom is -0.490 e. The van der Waals surface area contributed by atoms with Gasteiger partial charge in [-0.25, -0.2) is 9.82 Å². The van der Waals surface area contributed by atoms with Crippen molar-refractivity contribution in [3.05, 3.63) is 66.5 Å². The zero-order chi connectivity index (χ0) is 23.3. The Labute approximate surface area is 184 Å². The number of nitrogens with zero attached hydrogens (tertiary/aromatic N) is 1. The van der Waals surface area contributed by atoms with Crippen LogP contribution in [0.3, 0.4) is 0 Å². The molecule has 0 heterocycles. The van der Waals surface area contributed by atoms with Gasteiger partial charge in [-0.3, -0.25) is 14.4 Å². The highest BCUT2D eigenvalue weighted by Crippen LogP contribution is 2.28. The Morgan fingerprint density at radius 3 is 2.50 bits per heavy atom. The lowest BCUT2D eigenvalue weighted by Crippen LogP contribution is -2.37. The van der Waals surface area contributed by atoms with Crippen LogP contribution in [-0.2, 0) is 14.4 Å². The molecule has 3 amide bonds. The van der Waals surface area contributed by atoms with Crippen molar-refractivity contribution in [2.75, 3.05) is 25.1 Å². The van der Waals surface area contributed by atoms with Crippen LogP contribution >= 0.6 is 0 Å². The van der Waals surface area contributed by atoms with E-state index in [1.165, 1.54) is 36.6 Å². The van der Waals surface area contributed by atoms with Gasteiger partial charge in [0.1, 0.15) is 5.82 Å². The first-order valence-electron chi connectivity index (χ1n) is 9.60. The molecule has 0 aromatic heterocycles. The van der Waals surface area contributed by atoms with E-state index in [0.717, 1.165) is 0 Å². The Balaban J connectivity index is 1.95. The summed E-state index contributed by atoms with van der Waals surface area (Å²) < 4.78 is 24.0. The van der Waals surface area contributed by atoms with E-state index in [1.54, 1.807) is 25.1 Å². The lowest BCUT2D eigenvalue weighted by molar-refractivity contribution is -0.139. The molecule has 3 N–H and O–H groups in total. The van der Waals surface area contributed by atoms with Crippen molar-refractivity contribution in [1.29, 1.82) is 0 Å². The molecule has 0 bridgehead atoms. The van der Waals surface area contributed by atoms with Crippen LogP contribution in [0.5, 0.6) is 11.5 Å². The summed E-state index contributed by atoms with van der Waals surface area (Å²) in [5.41, 5.74) is 3.11. The molecule has 0 aliphatic rings. The lowest BCUT2D eigenvalue weighted by Gasteiger charge is -2.12. The van der Waals surface area contributed by atoms with Gasteiger partial charge in [0, 0.05) is 12.2 Å². The van der Waals surface area contributed by atoms with Crippen molar-refractivity contribution in [3.8, 4) is 11.5 Å². The molecule has 0 aliphatic carbocycles. The van der Waals surface area contributed by atoms with Gasteiger partial charge in [0.25, 0.3) is 5.91 Å². The zero-order valence-electron chi connectivity index (χ0n) is 17.4. The highest BCUT2D eigenvalue weighted by Gasteiger charge is 2.11. The van der Waals surface area contributed by atoms with Crippen LogP contribution in [0, 0.1) is 5.82 Å². The summed E-state index contributed by atoms with van der Waals surface area (Å²) in [5.74, 6) is -1.89. The third kappa shape index (κ3) is 7.90. The first-order chi connectivity index (χ1) is 15.4. The number of rotatable bonds is 10. The summed E-state index contributed by atoms with van der Waals surface area (Å²) in [6.07, 6.45) is 2.77. The molecular weight excluding hydrogens is 419 g/mol. The van der Waals surface area contributed by atoms with Crippen LogP contribution in [0.1, 0.15) is 12.5 Å². The Hall–Kier alpha value is -4.21. The number of halogens is 1. The topological polar surface area (TPSA) is 118 Å². The van der Waals surface area contributed by atoms with Gasteiger partial charge in [0.15, 0.2) is 18.1 Å². The predicted molar refractivity (Wildman–Crippen MR) is 117 cm³/mol. The predicted octanol–water partition coefficient (Wildman–Crippen LogP) is 1.99. The van der Waals surface area contributed by atoms with Gasteiger partial charge in [0.05, 0.1) is 12.8 Å². The number of carbonyl (C=O) groups excluding carboxylic acids is 3. The Kier molecular flexibility index (Phi) is 9.38. The lowest BCUT2D eigenvalue weighted by atomic mass is 10.2. The van der Waals surface area contributed by atoms with Gasteiger partial charge >= 0.3 is 11.8 Å². The monoisotopic (exact) mass is 442 g/mol. The maximum atomic E-state index is 12.9. The van der Waals surface area contributed by atoms with E-state index in [0.29, 0.717) is 29.4 Å². The Morgan fingerprint density at radius 1 is 1.06 bits per heavy atom. The van der Waals surface area contributed by atoms with Gasteiger partial charge in [-0.05, 0) is 55.0 Å². The zero-order valence-corrected chi connectivity index (χ0v) is 17.4. The molecule has 32 heavy (non-hydrogen) atoms. The Bertz CT molecular complexity index is 992. The molecule has 0 saturated heterocycles. The van der Waals surface area contributed by atoms with Crippen molar-refractivity contribution in [3.63, 3.8) is 0 Å². The molecule has 0 unspecified atom stereocenters. The maximum Gasteiger partial charge on any atom is 0.329 e. The largest absolute Gasteiger partial charge is 0.490 e. The molecule has 0 aliphatic heterocycles. The van der Waals surface area contributed by atoms with E-state index < -0.39 is 23.5 Å². The minimum absolute atomic E-state index is 0.164. The first kappa shape index (κ1) is 24.1. The third-order valence-electron chi connectivity index (χ3n) is 3.75. The molecule has 0 spiro atoms. The molecular formula is C22H23FN4O5. The summed E-state index contributed by atoms with van der Waals surface area (Å²) in [6, 6.07) is 10.2. The summed E-state index contributed by atoms with van der Waals surface area (Å²) >= 11 is 0. The van der Waals surface area contributed by atoms with Gasteiger partial charge in [-0.2, -0.15) is 5.10 Å². The summed E-state index contributed by atoms with van der Waals surface area (Å²) in [4.78, 5) is 35.1. The summed E-state index contributed by atoms with van der Waals surface area (Å²) in [5, 5.41) is 8.65. The number of carbonyl (C=O) groups is 3. The minimum atomic E-state index is -0.916. The van der Waals surface area contributed by atoms with Crippen molar-refractivity contribution in [2.24, 2.45) is 5.10 Å². The van der Waals surface area contributed by atoms with E-state index in [2.05, 4.69) is 27.7 Å². The summed E-state index contributed by atoms with van der Waals surface area (Å²) in [7, 11) is 0. The molecule has 9 nitrogen and oxygen atoms in total. The van der Waals surface area contributed by atoms with Crippen LogP contribution in [0.25, 0.3) is 0 Å². The molecule has 2 aromatic carbocycles. The van der Waals surface area contributed by atoms with Gasteiger partial charge in [0.2, 0.25) is 0 Å². The first-order valence-corrected chi connectivity index (χ1v) is 9.60. The van der Waals surface area contributed by atoms with Gasteiger partial charge in [-0.15, -0.1) is 6.58 Å². The summed E-state index contributed by atoms with van der Waals surface area (Å²) in [6.45, 7) is 5.44. The second-order valence-electron chi connectivity index (χ2n) is 6.18. The second-order valence-corrected chi connectivity index (χ2v) is 6.18. The van der Waals surface area contributed by atoms with Crippen LogP contribution < -0.4 is 25.5 Å². The molecule has 168 valence electrons. The number of ether oxygens (including phenoxy) is 2. The quantitative estimate of drug-likeness (QED) is 0.225. The van der Waals surface area contributed by atoms with E-state index in [4.69, 9.17) is 9.47 Å². The molecule has 0 atom stereocenters. The number of amides is 3. The smallest absolute Gasteiger partial charge is 0.329 e. The molecule has 2 rings (SSSR count). The number of nitrogens with one attached hydrogen (secondary N) is 3. The van der Waals surface area contributed by atoms with E-state index in [1.807, 2.05) is 0 Å². The second kappa shape index (κ2) is 12.5. The SMILES string of the molecule is C=CCNC(=O)C(=O)N/N=C\c1ccc(OCC(=O)Nc2ccc(F)cc2)c(OCC)c1. The van der Waals surface area contributed by atoms with Crippen molar-refractivity contribution < 1.29 is 28.2 Å². The number of hydrogen-bond donors (Lipinski definition) is 3. The van der Waals surface area contributed by atoms with Crippen LogP contribution in [-0.4, -0.2) is 43.7 Å². The average Bonchev–Trinajstić information content (AvgIpc) is 2.78. The molecule has 0 radical (unpaired) electrons. The fraction of sp³-hybridized carbons (Fsp3) is 0.182. The van der Waals surface area contributed by atoms with E-state index >= 15 is 0 Å². The third-order valence-corrected chi connectivity index (χ3v) is 3.75. The average molecular weight is 442 g/mol. The van der Waals surface area contributed by atoms with Crippen molar-refractivity contribution in [2.45, 2.75) is 6.92 Å². The standard InChI is InChI=1S/C22H23FN4O5/c1-3-11-24-21(29)22(30)27-25-13-15-5-10-18(19(12-15)31-4-2)32-14-20(28)26-17-8-6-16(23)7-9-17/h3,5-10,12-13H,1,4,11,14H2,2H3,(H,24,29)(H,26,28)(H,27,30)/b25-13-. The molecule has 0 saturated carbocycles. The van der Waals surface area contributed by atoms with Crippen LogP contribution in [0.15, 0.2) is 60.2 Å². The molecule has 10 heteroatoms. The highest BCUT2D eigenvalue weighted by molar-refractivity contribution is 6.35. The van der Waals surface area contributed by atoms with Crippen molar-refractivity contribution in [1.82, 2.24) is 10.7 Å². The van der Waals surface area contributed by atoms with E-state index in [-0.39, 0.29) is 13.2 Å². The number of benzene rings is 2. The van der Waals surface area contributed by atoms with E-state index in [9.17, 15) is 18.8 Å². The van der Waals surface area contributed by atoms with Gasteiger partial charge < -0.3 is 20.1 Å². The normalized spacial score (nSPS) is 10.3. The highest BCUT2D eigenvalue weighted by atomic mass is 19.1. The number of anilines is 1. The fourth-order valence-electron chi connectivity index (χ4n) is 2.33. The van der Waals surface area contributed by atoms with Crippen LogP contribution in [0.4, 0.5) is 10.1 Å². The van der Waals surface area contributed by atoms with Gasteiger partial charge in [-0.1, -0.05) is 6.08 Å². The van der Waals surface area contributed by atoms with Crippen LogP contribution in [0.2, 0.25) is 0 Å². The fourth-order valence-corrected chi connectivity index (χ4v) is 2.33. The number of hydrazone groups is 1. The maximum absolute atomic E-state index is 12.9. The van der Waals surface area contributed by atoms with Crippen molar-refractivity contribution >= 4 is 29.6 Å². The molecule has 2 aromatic rings. The Morgan fingerprint density at radius 2 is 1.81 bits per heavy atom. The molecule has 0 fully saturated rings. The number of hydrogen-bond acceptors (Lipinski definition) is 6.